The summed E-state index contributed by atoms with van der Waals surface area (Å²) in [6.45, 7) is 0.321. The molecule has 11 heteroatoms. The van der Waals surface area contributed by atoms with Gasteiger partial charge in [0.25, 0.3) is 5.92 Å². The summed E-state index contributed by atoms with van der Waals surface area (Å²) < 4.78 is 100. The molecular formula is C28H33F7N4. The van der Waals surface area contributed by atoms with Crippen LogP contribution in [0.5, 0.6) is 0 Å². The van der Waals surface area contributed by atoms with Crippen molar-refractivity contribution in [2.24, 2.45) is 5.92 Å². The normalized spacial score (nSPS) is 28.5. The topological polar surface area (TPSA) is 34.3 Å². The number of benzene rings is 1. The molecule has 2 aromatic rings. The van der Waals surface area contributed by atoms with Gasteiger partial charge in [-0.05, 0) is 62.1 Å². The third-order valence-electron chi connectivity index (χ3n) is 8.11. The van der Waals surface area contributed by atoms with E-state index in [4.69, 9.17) is 0 Å². The van der Waals surface area contributed by atoms with Gasteiger partial charge in [-0.3, -0.25) is 9.29 Å². The van der Waals surface area contributed by atoms with Crippen molar-refractivity contribution in [2.45, 2.75) is 56.4 Å². The highest BCUT2D eigenvalue weighted by molar-refractivity contribution is 5.85. The van der Waals surface area contributed by atoms with Gasteiger partial charge >= 0.3 is 0 Å². The number of nitrogens with zero attached hydrogens (tertiary/aromatic N) is 2. The first-order chi connectivity index (χ1) is 18.6. The summed E-state index contributed by atoms with van der Waals surface area (Å²) in [5.74, 6) is -6.47. The van der Waals surface area contributed by atoms with E-state index in [1.54, 1.807) is 6.92 Å². The molecule has 5 rings (SSSR count). The Kier molecular flexibility index (Phi) is 8.01. The van der Waals surface area contributed by atoms with E-state index in [9.17, 15) is 22.0 Å². The molecule has 1 aromatic heterocycles. The molecule has 1 aliphatic carbocycles. The van der Waals surface area contributed by atoms with Crippen molar-refractivity contribution < 1.29 is 30.7 Å². The van der Waals surface area contributed by atoms with Crippen LogP contribution in [0.1, 0.15) is 37.1 Å². The highest BCUT2D eigenvalue weighted by Gasteiger charge is 2.48. The van der Waals surface area contributed by atoms with Gasteiger partial charge in [0.15, 0.2) is 6.67 Å². The number of aromatic amines is 1. The fourth-order valence-electron chi connectivity index (χ4n) is 6.32. The van der Waals surface area contributed by atoms with Crippen molar-refractivity contribution in [3.05, 3.63) is 58.9 Å². The second-order valence-corrected chi connectivity index (χ2v) is 11.0. The van der Waals surface area contributed by atoms with Crippen LogP contribution >= 0.6 is 0 Å². The first-order valence-electron chi connectivity index (χ1n) is 13.4. The van der Waals surface area contributed by atoms with Crippen LogP contribution in [-0.2, 0) is 6.42 Å². The van der Waals surface area contributed by atoms with Gasteiger partial charge in [0.2, 0.25) is 0 Å². The summed E-state index contributed by atoms with van der Waals surface area (Å²) in [4.78, 5) is 6.46. The average molecular weight is 559 g/mol. The van der Waals surface area contributed by atoms with Crippen molar-refractivity contribution in [2.75, 3.05) is 39.5 Å². The average Bonchev–Trinajstić information content (AvgIpc) is 3.47. The molecule has 0 amide bonds. The Balaban J connectivity index is 1.45. The molecule has 0 spiro atoms. The third-order valence-corrected chi connectivity index (χ3v) is 8.11. The van der Waals surface area contributed by atoms with Crippen LogP contribution in [0.15, 0.2) is 41.9 Å². The Bertz CT molecular complexity index is 1240. The molecule has 3 heterocycles. The Morgan fingerprint density at radius 1 is 1.18 bits per heavy atom. The fourth-order valence-corrected chi connectivity index (χ4v) is 6.32. The Morgan fingerprint density at radius 2 is 1.97 bits per heavy atom. The monoisotopic (exact) mass is 558 g/mol. The quantitative estimate of drug-likeness (QED) is 0.375. The van der Waals surface area contributed by atoms with Crippen LogP contribution in [-0.4, -0.2) is 78.5 Å². The molecule has 39 heavy (non-hydrogen) atoms. The molecule has 214 valence electrons. The molecule has 1 aromatic carbocycles. The van der Waals surface area contributed by atoms with Gasteiger partial charge in [0, 0.05) is 54.0 Å². The molecule has 2 aliphatic heterocycles. The molecule has 2 N–H and O–H groups in total. The standard InChI is InChI=1S/C28H33F7N4/c1-16-9-21-20-10-17(31)3-4-24(20)37-26(21)27(39(16)15-28(34,35)14-30)25-22(32)11-19(12-23(25)33)36-18-5-8-38(13-18)7-2-6-29/h3-4,10-12,16,18,22,25,27,36-37H,2,5-9,13-15H2,1H3/t16-,18+,22?,25?,27-/m1/s1. The lowest BCUT2D eigenvalue weighted by molar-refractivity contribution is -0.0804. The molecular weight excluding hydrogens is 525 g/mol. The predicted octanol–water partition coefficient (Wildman–Crippen LogP) is 5.93. The number of aromatic nitrogens is 1. The molecule has 5 atom stereocenters. The lowest BCUT2D eigenvalue weighted by Gasteiger charge is -2.45. The first kappa shape index (κ1) is 28.0. The van der Waals surface area contributed by atoms with Crippen LogP contribution in [0.4, 0.5) is 30.7 Å². The largest absolute Gasteiger partial charge is 0.381 e. The van der Waals surface area contributed by atoms with Gasteiger partial charge in [-0.2, -0.15) is 0 Å². The highest BCUT2D eigenvalue weighted by atomic mass is 19.3. The van der Waals surface area contributed by atoms with E-state index in [0.717, 1.165) is 13.0 Å². The number of likely N-dealkylation sites (tertiary alicyclic amines) is 1. The smallest absolute Gasteiger partial charge is 0.288 e. The maximum atomic E-state index is 15.9. The van der Waals surface area contributed by atoms with Gasteiger partial charge in [0.05, 0.1) is 25.2 Å². The molecule has 0 saturated carbocycles. The minimum Gasteiger partial charge on any atom is -0.381 e. The number of hydrogen-bond acceptors (Lipinski definition) is 3. The lowest BCUT2D eigenvalue weighted by Crippen LogP contribution is -2.52. The molecule has 1 fully saturated rings. The number of H-pyrrole nitrogens is 1. The maximum absolute atomic E-state index is 15.9. The van der Waals surface area contributed by atoms with Crippen LogP contribution in [0.25, 0.3) is 10.9 Å². The van der Waals surface area contributed by atoms with Crippen molar-refractivity contribution in [3.63, 3.8) is 0 Å². The van der Waals surface area contributed by atoms with E-state index in [-0.39, 0.29) is 18.2 Å². The Hall–Kier alpha value is -2.53. The number of nitrogens with one attached hydrogen (secondary N) is 2. The number of alkyl halides is 5. The van der Waals surface area contributed by atoms with E-state index in [0.29, 0.717) is 41.7 Å². The number of fused-ring (bicyclic) bond motifs is 3. The predicted molar refractivity (Wildman–Crippen MR) is 136 cm³/mol. The summed E-state index contributed by atoms with van der Waals surface area (Å²) in [5.41, 5.74) is 1.75. The number of hydrogen-bond donors (Lipinski definition) is 2. The number of allylic oxidation sites excluding steroid dienone is 2. The zero-order valence-corrected chi connectivity index (χ0v) is 21.7. The minimum atomic E-state index is -3.71. The SMILES string of the molecule is C[C@@H]1Cc2c([nH]c3ccc(F)cc23)[C@@H](C2C(F)=CC(N[C@H]3CCN(CCCF)C3)=CC2F)N1CC(F)(F)CF. The summed E-state index contributed by atoms with van der Waals surface area (Å²) in [6, 6.07) is 2.21. The zero-order chi connectivity index (χ0) is 27.9. The van der Waals surface area contributed by atoms with Crippen LogP contribution in [0.2, 0.25) is 0 Å². The van der Waals surface area contributed by atoms with E-state index in [2.05, 4.69) is 15.2 Å². The molecule has 2 unspecified atom stereocenters. The maximum Gasteiger partial charge on any atom is 0.288 e. The van der Waals surface area contributed by atoms with Crippen molar-refractivity contribution in [3.8, 4) is 0 Å². The van der Waals surface area contributed by atoms with E-state index in [1.165, 1.54) is 35.3 Å². The molecule has 4 nitrogen and oxygen atoms in total. The molecule has 0 radical (unpaired) electrons. The van der Waals surface area contributed by atoms with E-state index < -0.39 is 61.6 Å². The second-order valence-electron chi connectivity index (χ2n) is 11.0. The van der Waals surface area contributed by atoms with E-state index in [1.807, 2.05) is 0 Å². The molecule has 0 bridgehead atoms. The van der Waals surface area contributed by atoms with Crippen LogP contribution in [0, 0.1) is 11.7 Å². The Morgan fingerprint density at radius 3 is 2.69 bits per heavy atom. The fraction of sp³-hybridized carbons (Fsp3) is 0.571. The van der Waals surface area contributed by atoms with Gasteiger partial charge in [-0.15, -0.1) is 0 Å². The van der Waals surface area contributed by atoms with Crippen molar-refractivity contribution in [1.29, 1.82) is 0 Å². The summed E-state index contributed by atoms with van der Waals surface area (Å²) in [7, 11) is 0. The van der Waals surface area contributed by atoms with Gasteiger partial charge in [-0.1, -0.05) is 0 Å². The zero-order valence-electron chi connectivity index (χ0n) is 21.7. The highest BCUT2D eigenvalue weighted by Crippen LogP contribution is 2.47. The van der Waals surface area contributed by atoms with Gasteiger partial charge in [-0.25, -0.2) is 26.3 Å². The number of halogens is 7. The van der Waals surface area contributed by atoms with Crippen LogP contribution in [0.3, 0.4) is 0 Å². The first-order valence-corrected chi connectivity index (χ1v) is 13.4. The van der Waals surface area contributed by atoms with Gasteiger partial charge in [0.1, 0.15) is 17.8 Å². The Labute approximate surface area is 222 Å². The number of rotatable bonds is 9. The lowest BCUT2D eigenvalue weighted by atomic mass is 9.80. The third kappa shape index (κ3) is 5.70. The van der Waals surface area contributed by atoms with Crippen molar-refractivity contribution >= 4 is 10.9 Å². The van der Waals surface area contributed by atoms with Crippen molar-refractivity contribution in [1.82, 2.24) is 20.1 Å². The summed E-state index contributed by atoms with van der Waals surface area (Å²) in [5, 5.41) is 3.69. The van der Waals surface area contributed by atoms with Gasteiger partial charge < -0.3 is 15.2 Å². The molecule has 3 aliphatic rings. The van der Waals surface area contributed by atoms with E-state index >= 15 is 8.78 Å². The minimum absolute atomic E-state index is 0.0617. The summed E-state index contributed by atoms with van der Waals surface area (Å²) >= 11 is 0. The summed E-state index contributed by atoms with van der Waals surface area (Å²) in [6.07, 6.45) is 1.98. The van der Waals surface area contributed by atoms with Crippen LogP contribution < -0.4 is 5.32 Å². The molecule has 1 saturated heterocycles. The second kappa shape index (κ2) is 11.2.